The van der Waals surface area contributed by atoms with E-state index in [0.717, 1.165) is 24.6 Å². The Kier molecular flexibility index (Phi) is 4.94. The van der Waals surface area contributed by atoms with Gasteiger partial charge in [-0.2, -0.15) is 0 Å². The highest BCUT2D eigenvalue weighted by atomic mass is 19.1. The summed E-state index contributed by atoms with van der Waals surface area (Å²) in [6.45, 7) is 6.55. The van der Waals surface area contributed by atoms with Gasteiger partial charge in [-0.25, -0.2) is 4.39 Å². The van der Waals surface area contributed by atoms with Crippen LogP contribution in [0.15, 0.2) is 18.2 Å². The van der Waals surface area contributed by atoms with Crippen LogP contribution in [0, 0.1) is 18.7 Å². The van der Waals surface area contributed by atoms with Crippen molar-refractivity contribution >= 4 is 0 Å². The molecule has 0 spiro atoms. The van der Waals surface area contributed by atoms with E-state index >= 15 is 0 Å². The molecule has 0 heterocycles. The first-order valence-corrected chi connectivity index (χ1v) is 7.35. The van der Waals surface area contributed by atoms with Crippen molar-refractivity contribution in [3.63, 3.8) is 0 Å². The lowest BCUT2D eigenvalue weighted by Gasteiger charge is -2.36. The van der Waals surface area contributed by atoms with Crippen LogP contribution in [-0.4, -0.2) is 24.5 Å². The summed E-state index contributed by atoms with van der Waals surface area (Å²) in [7, 11) is 0. The van der Waals surface area contributed by atoms with Gasteiger partial charge in [0.05, 0.1) is 0 Å². The molecule has 0 saturated heterocycles. The lowest BCUT2D eigenvalue weighted by Crippen LogP contribution is -2.38. The Hall–Kier alpha value is -0.930. The van der Waals surface area contributed by atoms with Crippen molar-refractivity contribution < 1.29 is 4.39 Å². The first kappa shape index (κ1) is 14.5. The number of rotatable bonds is 6. The summed E-state index contributed by atoms with van der Waals surface area (Å²) in [6.07, 6.45) is 4.01. The number of benzene rings is 1. The van der Waals surface area contributed by atoms with E-state index in [-0.39, 0.29) is 11.9 Å². The second-order valence-electron chi connectivity index (χ2n) is 5.64. The third-order valence-corrected chi connectivity index (χ3v) is 4.37. The first-order valence-electron chi connectivity index (χ1n) is 7.35. The molecule has 1 saturated carbocycles. The van der Waals surface area contributed by atoms with Gasteiger partial charge >= 0.3 is 0 Å². The zero-order valence-electron chi connectivity index (χ0n) is 12.0. The van der Waals surface area contributed by atoms with Crippen LogP contribution in [0.5, 0.6) is 0 Å². The van der Waals surface area contributed by atoms with Crippen LogP contribution in [0.4, 0.5) is 4.39 Å². The molecule has 2 N–H and O–H groups in total. The predicted molar refractivity (Wildman–Crippen MR) is 77.5 cm³/mol. The topological polar surface area (TPSA) is 29.3 Å². The van der Waals surface area contributed by atoms with Gasteiger partial charge in [-0.3, -0.25) is 4.90 Å². The fraction of sp³-hybridized carbons (Fsp3) is 0.625. The van der Waals surface area contributed by atoms with E-state index in [1.807, 2.05) is 12.1 Å². The molecule has 106 valence electrons. The quantitative estimate of drug-likeness (QED) is 0.854. The SMILES string of the molecule is CCN(CC1CCC1)C(CN)c1ccc(C)c(F)c1. The van der Waals surface area contributed by atoms with Crippen LogP contribution >= 0.6 is 0 Å². The molecule has 1 atom stereocenters. The fourth-order valence-electron chi connectivity index (χ4n) is 2.80. The first-order chi connectivity index (χ1) is 9.15. The highest BCUT2D eigenvalue weighted by Gasteiger charge is 2.25. The summed E-state index contributed by atoms with van der Waals surface area (Å²) in [5.74, 6) is 0.681. The maximum absolute atomic E-state index is 13.7. The molecule has 2 rings (SSSR count). The van der Waals surface area contributed by atoms with Gasteiger partial charge in [0.1, 0.15) is 5.82 Å². The maximum atomic E-state index is 13.7. The van der Waals surface area contributed by atoms with Crippen LogP contribution in [0.1, 0.15) is 43.4 Å². The van der Waals surface area contributed by atoms with Gasteiger partial charge in [0, 0.05) is 19.1 Å². The summed E-state index contributed by atoms with van der Waals surface area (Å²) in [4.78, 5) is 2.40. The molecule has 0 radical (unpaired) electrons. The van der Waals surface area contributed by atoms with Gasteiger partial charge in [-0.1, -0.05) is 25.5 Å². The molecule has 0 aliphatic heterocycles. The van der Waals surface area contributed by atoms with Crippen LogP contribution in [0.2, 0.25) is 0 Å². The van der Waals surface area contributed by atoms with Crippen molar-refractivity contribution in [3.05, 3.63) is 35.1 Å². The molecule has 0 bridgehead atoms. The Labute approximate surface area is 115 Å². The Morgan fingerprint density at radius 2 is 2.16 bits per heavy atom. The Bertz CT molecular complexity index is 415. The highest BCUT2D eigenvalue weighted by Crippen LogP contribution is 2.30. The molecule has 3 heteroatoms. The molecule has 1 aromatic rings. The molecule has 1 aromatic carbocycles. The molecule has 2 nitrogen and oxygen atoms in total. The lowest BCUT2D eigenvalue weighted by atomic mass is 9.84. The van der Waals surface area contributed by atoms with Gasteiger partial charge in [0.2, 0.25) is 0 Å². The number of hydrogen-bond donors (Lipinski definition) is 1. The van der Waals surface area contributed by atoms with Gasteiger partial charge in [-0.05, 0) is 49.4 Å². The molecule has 0 aromatic heterocycles. The summed E-state index contributed by atoms with van der Waals surface area (Å²) >= 11 is 0. The maximum Gasteiger partial charge on any atom is 0.126 e. The molecule has 19 heavy (non-hydrogen) atoms. The van der Waals surface area contributed by atoms with E-state index in [0.29, 0.717) is 12.1 Å². The van der Waals surface area contributed by atoms with Crippen molar-refractivity contribution in [2.24, 2.45) is 11.7 Å². The minimum atomic E-state index is -0.129. The van der Waals surface area contributed by atoms with Crippen molar-refractivity contribution in [2.45, 2.75) is 39.2 Å². The third-order valence-electron chi connectivity index (χ3n) is 4.37. The van der Waals surface area contributed by atoms with E-state index in [4.69, 9.17) is 5.73 Å². The molecule has 1 unspecified atom stereocenters. The number of hydrogen-bond acceptors (Lipinski definition) is 2. The normalized spacial score (nSPS) is 17.5. The fourth-order valence-corrected chi connectivity index (χ4v) is 2.80. The number of nitrogens with zero attached hydrogens (tertiary/aromatic N) is 1. The Balaban J connectivity index is 2.13. The largest absolute Gasteiger partial charge is 0.329 e. The zero-order chi connectivity index (χ0) is 13.8. The summed E-state index contributed by atoms with van der Waals surface area (Å²) in [5, 5.41) is 0. The van der Waals surface area contributed by atoms with Crippen molar-refractivity contribution in [1.29, 1.82) is 0 Å². The second-order valence-corrected chi connectivity index (χ2v) is 5.64. The number of likely N-dealkylation sites (N-methyl/N-ethyl adjacent to an activating group) is 1. The van der Waals surface area contributed by atoms with Gasteiger partial charge in [0.15, 0.2) is 0 Å². The van der Waals surface area contributed by atoms with Crippen molar-refractivity contribution in [1.82, 2.24) is 4.90 Å². The molecular weight excluding hydrogens is 239 g/mol. The molecule has 0 amide bonds. The molecule has 1 aliphatic rings. The van der Waals surface area contributed by atoms with Gasteiger partial charge in [-0.15, -0.1) is 0 Å². The van der Waals surface area contributed by atoms with Crippen LogP contribution in [0.25, 0.3) is 0 Å². The number of aryl methyl sites for hydroxylation is 1. The molecular formula is C16H25FN2. The summed E-state index contributed by atoms with van der Waals surface area (Å²) in [5.41, 5.74) is 7.64. The average Bonchev–Trinajstić information content (AvgIpc) is 2.36. The van der Waals surface area contributed by atoms with E-state index in [1.54, 1.807) is 13.0 Å². The predicted octanol–water partition coefficient (Wildman–Crippen LogP) is 3.26. The number of halogens is 1. The van der Waals surface area contributed by atoms with E-state index in [1.165, 1.54) is 19.3 Å². The van der Waals surface area contributed by atoms with Crippen LogP contribution < -0.4 is 5.73 Å². The standard InChI is InChI=1S/C16H25FN2/c1-3-19(11-13-5-4-6-13)16(10-18)14-8-7-12(2)15(17)9-14/h7-9,13,16H,3-6,10-11,18H2,1-2H3. The monoisotopic (exact) mass is 264 g/mol. The number of nitrogens with two attached hydrogens (primary N) is 1. The Morgan fingerprint density at radius 3 is 2.63 bits per heavy atom. The average molecular weight is 264 g/mol. The smallest absolute Gasteiger partial charge is 0.126 e. The Morgan fingerprint density at radius 1 is 1.42 bits per heavy atom. The minimum Gasteiger partial charge on any atom is -0.329 e. The van der Waals surface area contributed by atoms with Crippen molar-refractivity contribution in [2.75, 3.05) is 19.6 Å². The van der Waals surface area contributed by atoms with E-state index in [2.05, 4.69) is 11.8 Å². The summed E-state index contributed by atoms with van der Waals surface area (Å²) in [6, 6.07) is 5.65. The lowest BCUT2D eigenvalue weighted by molar-refractivity contribution is 0.141. The minimum absolute atomic E-state index is 0.129. The zero-order valence-corrected chi connectivity index (χ0v) is 12.0. The third kappa shape index (κ3) is 3.34. The van der Waals surface area contributed by atoms with Gasteiger partial charge < -0.3 is 5.73 Å². The van der Waals surface area contributed by atoms with E-state index < -0.39 is 0 Å². The van der Waals surface area contributed by atoms with Crippen molar-refractivity contribution in [3.8, 4) is 0 Å². The highest BCUT2D eigenvalue weighted by molar-refractivity contribution is 5.26. The molecule has 1 aliphatic carbocycles. The van der Waals surface area contributed by atoms with E-state index in [9.17, 15) is 4.39 Å². The van der Waals surface area contributed by atoms with Gasteiger partial charge in [0.25, 0.3) is 0 Å². The second kappa shape index (κ2) is 6.49. The summed E-state index contributed by atoms with van der Waals surface area (Å²) < 4.78 is 13.7. The molecule has 1 fully saturated rings. The van der Waals surface area contributed by atoms with Crippen LogP contribution in [0.3, 0.4) is 0 Å². The van der Waals surface area contributed by atoms with Crippen LogP contribution in [-0.2, 0) is 0 Å².